The molecule has 0 spiro atoms. The van der Waals surface area contributed by atoms with Crippen molar-refractivity contribution in [3.05, 3.63) is 35.6 Å². The monoisotopic (exact) mass is 278 g/mol. The summed E-state index contributed by atoms with van der Waals surface area (Å²) in [5, 5.41) is 3.42. The van der Waals surface area contributed by atoms with Gasteiger partial charge in [-0.05, 0) is 64.3 Å². The molecule has 0 aromatic heterocycles. The fraction of sp³-hybridized carbons (Fsp3) is 0.647. The van der Waals surface area contributed by atoms with Crippen molar-refractivity contribution in [2.45, 2.75) is 39.2 Å². The zero-order valence-electron chi connectivity index (χ0n) is 12.7. The van der Waals surface area contributed by atoms with Crippen LogP contribution in [0, 0.1) is 11.7 Å². The summed E-state index contributed by atoms with van der Waals surface area (Å²) in [7, 11) is 0. The van der Waals surface area contributed by atoms with E-state index < -0.39 is 0 Å². The van der Waals surface area contributed by atoms with Gasteiger partial charge in [-0.2, -0.15) is 0 Å². The standard InChI is InChI=1S/C17H27FN2/c1-14-8-12-20(13-9-14)11-5-10-19-15(2)16-6-3-4-7-17(16)18/h3-4,6-7,14-15,19H,5,8-13H2,1-2H3. The lowest BCUT2D eigenvalue weighted by molar-refractivity contribution is 0.190. The zero-order valence-corrected chi connectivity index (χ0v) is 12.7. The molecule has 1 heterocycles. The zero-order chi connectivity index (χ0) is 14.4. The molecule has 112 valence electrons. The van der Waals surface area contributed by atoms with Gasteiger partial charge in [-0.15, -0.1) is 0 Å². The van der Waals surface area contributed by atoms with Gasteiger partial charge in [-0.1, -0.05) is 25.1 Å². The van der Waals surface area contributed by atoms with E-state index in [1.54, 1.807) is 6.07 Å². The van der Waals surface area contributed by atoms with Crippen molar-refractivity contribution in [2.24, 2.45) is 5.92 Å². The molecule has 1 aliphatic rings. The molecule has 1 saturated heterocycles. The smallest absolute Gasteiger partial charge is 0.127 e. The first-order valence-electron chi connectivity index (χ1n) is 7.87. The van der Waals surface area contributed by atoms with Gasteiger partial charge in [-0.3, -0.25) is 0 Å². The second-order valence-corrected chi connectivity index (χ2v) is 6.08. The molecule has 0 radical (unpaired) electrons. The lowest BCUT2D eigenvalue weighted by Gasteiger charge is -2.30. The summed E-state index contributed by atoms with van der Waals surface area (Å²) in [4.78, 5) is 2.55. The van der Waals surface area contributed by atoms with Crippen LogP contribution in [0.2, 0.25) is 0 Å². The molecular weight excluding hydrogens is 251 g/mol. The molecule has 0 amide bonds. The molecule has 20 heavy (non-hydrogen) atoms. The Hall–Kier alpha value is -0.930. The van der Waals surface area contributed by atoms with Crippen molar-refractivity contribution in [2.75, 3.05) is 26.2 Å². The van der Waals surface area contributed by atoms with Crippen LogP contribution in [-0.4, -0.2) is 31.1 Å². The number of nitrogens with zero attached hydrogens (tertiary/aromatic N) is 1. The van der Waals surface area contributed by atoms with Gasteiger partial charge in [0.05, 0.1) is 0 Å². The van der Waals surface area contributed by atoms with Gasteiger partial charge in [0.2, 0.25) is 0 Å². The number of halogens is 1. The highest BCUT2D eigenvalue weighted by molar-refractivity contribution is 5.20. The summed E-state index contributed by atoms with van der Waals surface area (Å²) in [6.45, 7) is 8.95. The lowest BCUT2D eigenvalue weighted by Crippen LogP contribution is -2.35. The summed E-state index contributed by atoms with van der Waals surface area (Å²) in [5.41, 5.74) is 0.763. The van der Waals surface area contributed by atoms with E-state index in [0.29, 0.717) is 0 Å². The molecule has 0 aliphatic carbocycles. The van der Waals surface area contributed by atoms with Crippen LogP contribution in [0.3, 0.4) is 0 Å². The van der Waals surface area contributed by atoms with E-state index in [1.165, 1.54) is 32.0 Å². The van der Waals surface area contributed by atoms with Gasteiger partial charge in [0.1, 0.15) is 5.82 Å². The van der Waals surface area contributed by atoms with Crippen molar-refractivity contribution < 1.29 is 4.39 Å². The Morgan fingerprint density at radius 2 is 2.00 bits per heavy atom. The fourth-order valence-corrected chi connectivity index (χ4v) is 2.84. The summed E-state index contributed by atoms with van der Waals surface area (Å²) in [5.74, 6) is 0.781. The minimum atomic E-state index is -0.113. The minimum Gasteiger partial charge on any atom is -0.310 e. The first kappa shape index (κ1) is 15.5. The SMILES string of the molecule is CC1CCN(CCCNC(C)c2ccccc2F)CC1. The Bertz CT molecular complexity index is 400. The molecule has 1 aromatic carbocycles. The van der Waals surface area contributed by atoms with E-state index in [4.69, 9.17) is 0 Å². The van der Waals surface area contributed by atoms with E-state index in [1.807, 2.05) is 19.1 Å². The molecule has 0 bridgehead atoms. The quantitative estimate of drug-likeness (QED) is 0.800. The summed E-state index contributed by atoms with van der Waals surface area (Å²) in [6.07, 6.45) is 3.80. The number of nitrogens with one attached hydrogen (secondary N) is 1. The van der Waals surface area contributed by atoms with Crippen LogP contribution in [0.4, 0.5) is 4.39 Å². The largest absolute Gasteiger partial charge is 0.310 e. The Kier molecular flexibility index (Phi) is 5.99. The first-order chi connectivity index (χ1) is 9.66. The number of rotatable bonds is 6. The third-order valence-corrected chi connectivity index (χ3v) is 4.35. The molecule has 3 heteroatoms. The second-order valence-electron chi connectivity index (χ2n) is 6.08. The van der Waals surface area contributed by atoms with Crippen LogP contribution < -0.4 is 5.32 Å². The molecule has 0 saturated carbocycles. The molecule has 1 fully saturated rings. The van der Waals surface area contributed by atoms with E-state index in [2.05, 4.69) is 17.1 Å². The molecule has 1 aromatic rings. The Balaban J connectivity index is 1.65. The van der Waals surface area contributed by atoms with Gasteiger partial charge >= 0.3 is 0 Å². The van der Waals surface area contributed by atoms with Crippen molar-refractivity contribution in [1.82, 2.24) is 10.2 Å². The van der Waals surface area contributed by atoms with Crippen LogP contribution in [0.1, 0.15) is 44.7 Å². The van der Waals surface area contributed by atoms with Gasteiger partial charge in [-0.25, -0.2) is 4.39 Å². The van der Waals surface area contributed by atoms with Gasteiger partial charge in [0.15, 0.2) is 0 Å². The maximum absolute atomic E-state index is 13.6. The highest BCUT2D eigenvalue weighted by atomic mass is 19.1. The summed E-state index contributed by atoms with van der Waals surface area (Å²) in [6, 6.07) is 7.10. The molecule has 1 aliphatic heterocycles. The molecule has 1 unspecified atom stereocenters. The first-order valence-corrected chi connectivity index (χ1v) is 7.87. The molecule has 2 nitrogen and oxygen atoms in total. The third kappa shape index (κ3) is 4.57. The third-order valence-electron chi connectivity index (χ3n) is 4.35. The average molecular weight is 278 g/mol. The van der Waals surface area contributed by atoms with Gasteiger partial charge in [0, 0.05) is 11.6 Å². The topological polar surface area (TPSA) is 15.3 Å². The minimum absolute atomic E-state index is 0.0811. The average Bonchev–Trinajstić information content (AvgIpc) is 2.46. The van der Waals surface area contributed by atoms with Gasteiger partial charge in [0.25, 0.3) is 0 Å². The van der Waals surface area contributed by atoms with E-state index in [-0.39, 0.29) is 11.9 Å². The molecule has 1 N–H and O–H groups in total. The second kappa shape index (κ2) is 7.75. The lowest BCUT2D eigenvalue weighted by atomic mass is 9.99. The fourth-order valence-electron chi connectivity index (χ4n) is 2.84. The predicted molar refractivity (Wildman–Crippen MR) is 82.3 cm³/mol. The maximum atomic E-state index is 13.6. The van der Waals surface area contributed by atoms with Crippen LogP contribution in [-0.2, 0) is 0 Å². The highest BCUT2D eigenvalue weighted by Gasteiger charge is 2.15. The molecule has 2 rings (SSSR count). The van der Waals surface area contributed by atoms with E-state index in [9.17, 15) is 4.39 Å². The van der Waals surface area contributed by atoms with Gasteiger partial charge < -0.3 is 10.2 Å². The Morgan fingerprint density at radius 1 is 1.30 bits per heavy atom. The summed E-state index contributed by atoms with van der Waals surface area (Å²) < 4.78 is 13.6. The number of hydrogen-bond donors (Lipinski definition) is 1. The Labute approximate surface area is 122 Å². The maximum Gasteiger partial charge on any atom is 0.127 e. The van der Waals surface area contributed by atoms with Crippen LogP contribution in [0.15, 0.2) is 24.3 Å². The van der Waals surface area contributed by atoms with Crippen molar-refractivity contribution in [3.63, 3.8) is 0 Å². The highest BCUT2D eigenvalue weighted by Crippen LogP contribution is 2.17. The van der Waals surface area contributed by atoms with Crippen LogP contribution in [0.5, 0.6) is 0 Å². The van der Waals surface area contributed by atoms with E-state index >= 15 is 0 Å². The van der Waals surface area contributed by atoms with Crippen LogP contribution in [0.25, 0.3) is 0 Å². The van der Waals surface area contributed by atoms with Crippen molar-refractivity contribution in [3.8, 4) is 0 Å². The molecular formula is C17H27FN2. The van der Waals surface area contributed by atoms with Crippen molar-refractivity contribution >= 4 is 0 Å². The number of piperidine rings is 1. The van der Waals surface area contributed by atoms with Crippen LogP contribution >= 0.6 is 0 Å². The van der Waals surface area contributed by atoms with E-state index in [0.717, 1.165) is 31.0 Å². The number of hydrogen-bond acceptors (Lipinski definition) is 2. The normalized spacial score (nSPS) is 19.1. The predicted octanol–water partition coefficient (Wildman–Crippen LogP) is 3.60. The summed E-state index contributed by atoms with van der Waals surface area (Å²) >= 11 is 0. The number of benzene rings is 1. The number of likely N-dealkylation sites (tertiary alicyclic amines) is 1. The van der Waals surface area contributed by atoms with Crippen molar-refractivity contribution in [1.29, 1.82) is 0 Å². The Morgan fingerprint density at radius 3 is 2.70 bits per heavy atom. The molecule has 1 atom stereocenters.